The van der Waals surface area contributed by atoms with E-state index in [0.717, 1.165) is 0 Å². The molecule has 14 heavy (non-hydrogen) atoms. The smallest absolute Gasteiger partial charge is 0.338 e. The first kappa shape index (κ1) is 10.0. The molecule has 0 aliphatic carbocycles. The van der Waals surface area contributed by atoms with Crippen molar-refractivity contribution in [3.8, 4) is 6.07 Å². The van der Waals surface area contributed by atoms with E-state index < -0.39 is 0 Å². The minimum absolute atomic E-state index is 0.126. The molecule has 1 rings (SSSR count). The highest BCUT2D eigenvalue weighted by Gasteiger charge is 2.03. The monoisotopic (exact) mass is 187 g/mol. The van der Waals surface area contributed by atoms with Gasteiger partial charge in [0, 0.05) is 6.08 Å². The molecule has 3 heteroatoms. The SMILES string of the molecule is N#C/C=C/COC(=O)c1ccccc1. The zero-order valence-corrected chi connectivity index (χ0v) is 7.51. The van der Waals surface area contributed by atoms with E-state index in [0.29, 0.717) is 5.56 Å². The molecule has 0 unspecified atom stereocenters. The van der Waals surface area contributed by atoms with Crippen LogP contribution in [0.2, 0.25) is 0 Å². The molecule has 3 nitrogen and oxygen atoms in total. The maximum atomic E-state index is 11.3. The maximum Gasteiger partial charge on any atom is 0.338 e. The van der Waals surface area contributed by atoms with Crippen LogP contribution in [0.4, 0.5) is 0 Å². The van der Waals surface area contributed by atoms with Gasteiger partial charge in [-0.3, -0.25) is 0 Å². The van der Waals surface area contributed by atoms with Gasteiger partial charge in [-0.1, -0.05) is 18.2 Å². The lowest BCUT2D eigenvalue weighted by molar-refractivity contribution is 0.0549. The van der Waals surface area contributed by atoms with Crippen LogP contribution >= 0.6 is 0 Å². The maximum absolute atomic E-state index is 11.3. The lowest BCUT2D eigenvalue weighted by atomic mass is 10.2. The number of hydrogen-bond donors (Lipinski definition) is 0. The fraction of sp³-hybridized carbons (Fsp3) is 0.0909. The summed E-state index contributed by atoms with van der Waals surface area (Å²) in [5, 5.41) is 8.17. The Hall–Kier alpha value is -2.08. The number of nitriles is 1. The topological polar surface area (TPSA) is 50.1 Å². The van der Waals surface area contributed by atoms with Crippen LogP contribution in [0.5, 0.6) is 0 Å². The van der Waals surface area contributed by atoms with Crippen LogP contribution in [0.25, 0.3) is 0 Å². The summed E-state index contributed by atoms with van der Waals surface area (Å²) in [6, 6.07) is 10.5. The first-order valence-electron chi connectivity index (χ1n) is 4.11. The molecule has 0 aromatic heterocycles. The number of carbonyl (C=O) groups is 1. The summed E-state index contributed by atoms with van der Waals surface area (Å²) >= 11 is 0. The third kappa shape index (κ3) is 3.11. The Kier molecular flexibility index (Phi) is 3.96. The lowest BCUT2D eigenvalue weighted by Gasteiger charge is -2.00. The number of carbonyl (C=O) groups excluding carboxylic acids is 1. The quantitative estimate of drug-likeness (QED) is 0.536. The van der Waals surface area contributed by atoms with E-state index in [1.807, 2.05) is 12.1 Å². The van der Waals surface area contributed by atoms with E-state index in [1.54, 1.807) is 24.3 Å². The summed E-state index contributed by atoms with van der Waals surface area (Å²) in [7, 11) is 0. The molecular weight excluding hydrogens is 178 g/mol. The molecule has 0 aliphatic heterocycles. The Morgan fingerprint density at radius 1 is 1.43 bits per heavy atom. The standard InChI is InChI=1S/C11H9NO2/c12-8-4-5-9-14-11(13)10-6-2-1-3-7-10/h1-7H,9H2/b5-4+. The van der Waals surface area contributed by atoms with Gasteiger partial charge in [0.2, 0.25) is 0 Å². The first-order valence-corrected chi connectivity index (χ1v) is 4.11. The molecule has 1 aromatic carbocycles. The fourth-order valence-corrected chi connectivity index (χ4v) is 0.882. The third-order valence-corrected chi connectivity index (χ3v) is 1.51. The van der Waals surface area contributed by atoms with Crippen molar-refractivity contribution >= 4 is 5.97 Å². The van der Waals surface area contributed by atoms with Gasteiger partial charge < -0.3 is 4.74 Å². The summed E-state index contributed by atoms with van der Waals surface area (Å²) in [5.41, 5.74) is 0.512. The molecule has 0 bridgehead atoms. The second kappa shape index (κ2) is 5.55. The van der Waals surface area contributed by atoms with Crippen LogP contribution in [-0.4, -0.2) is 12.6 Å². The zero-order chi connectivity index (χ0) is 10.2. The van der Waals surface area contributed by atoms with Crippen LogP contribution in [0.3, 0.4) is 0 Å². The number of hydrogen-bond acceptors (Lipinski definition) is 3. The molecule has 0 amide bonds. The summed E-state index contributed by atoms with van der Waals surface area (Å²) in [4.78, 5) is 11.3. The molecule has 0 heterocycles. The van der Waals surface area contributed by atoms with E-state index in [9.17, 15) is 4.79 Å². The van der Waals surface area contributed by atoms with Gasteiger partial charge in [0.25, 0.3) is 0 Å². The second-order valence-electron chi connectivity index (χ2n) is 2.50. The van der Waals surface area contributed by atoms with E-state index >= 15 is 0 Å². The third-order valence-electron chi connectivity index (χ3n) is 1.51. The van der Waals surface area contributed by atoms with Crippen LogP contribution in [0.15, 0.2) is 42.5 Å². The molecule has 0 saturated carbocycles. The van der Waals surface area contributed by atoms with E-state index in [2.05, 4.69) is 0 Å². The van der Waals surface area contributed by atoms with Crippen molar-refractivity contribution in [2.75, 3.05) is 6.61 Å². The van der Waals surface area contributed by atoms with Crippen molar-refractivity contribution in [3.63, 3.8) is 0 Å². The highest BCUT2D eigenvalue weighted by molar-refractivity contribution is 5.89. The molecule has 0 fully saturated rings. The number of benzene rings is 1. The van der Waals surface area contributed by atoms with Gasteiger partial charge >= 0.3 is 5.97 Å². The van der Waals surface area contributed by atoms with Crippen molar-refractivity contribution in [1.82, 2.24) is 0 Å². The zero-order valence-electron chi connectivity index (χ0n) is 7.51. The molecule has 0 N–H and O–H groups in total. The molecule has 0 saturated heterocycles. The number of nitrogens with zero attached hydrogens (tertiary/aromatic N) is 1. The van der Waals surface area contributed by atoms with Gasteiger partial charge in [0.15, 0.2) is 0 Å². The molecule has 0 aliphatic rings. The van der Waals surface area contributed by atoms with Gasteiger partial charge in [-0.2, -0.15) is 5.26 Å². The lowest BCUT2D eigenvalue weighted by Crippen LogP contribution is -2.04. The Bertz CT molecular complexity index is 363. The van der Waals surface area contributed by atoms with E-state index in [4.69, 9.17) is 10.00 Å². The highest BCUT2D eigenvalue weighted by atomic mass is 16.5. The van der Waals surface area contributed by atoms with Crippen molar-refractivity contribution in [3.05, 3.63) is 48.0 Å². The van der Waals surface area contributed by atoms with Gasteiger partial charge in [-0.15, -0.1) is 0 Å². The van der Waals surface area contributed by atoms with Gasteiger partial charge in [0.05, 0.1) is 11.6 Å². The second-order valence-corrected chi connectivity index (χ2v) is 2.50. The molecule has 0 radical (unpaired) electrons. The molecule has 0 spiro atoms. The summed E-state index contributed by atoms with van der Waals surface area (Å²) in [6.07, 6.45) is 2.76. The van der Waals surface area contributed by atoms with Crippen LogP contribution < -0.4 is 0 Å². The molecule has 70 valence electrons. The van der Waals surface area contributed by atoms with Gasteiger partial charge in [0.1, 0.15) is 6.61 Å². The Morgan fingerprint density at radius 2 is 2.14 bits per heavy atom. The summed E-state index contributed by atoms with van der Waals surface area (Å²) in [5.74, 6) is -0.381. The summed E-state index contributed by atoms with van der Waals surface area (Å²) in [6.45, 7) is 0.126. The van der Waals surface area contributed by atoms with Gasteiger partial charge in [-0.25, -0.2) is 4.79 Å². The minimum atomic E-state index is -0.381. The molecular formula is C11H9NO2. The number of esters is 1. The fourth-order valence-electron chi connectivity index (χ4n) is 0.882. The van der Waals surface area contributed by atoms with E-state index in [-0.39, 0.29) is 12.6 Å². The Balaban J connectivity index is 2.45. The Morgan fingerprint density at radius 3 is 2.79 bits per heavy atom. The van der Waals surface area contributed by atoms with Gasteiger partial charge in [-0.05, 0) is 18.2 Å². The van der Waals surface area contributed by atoms with Crippen molar-refractivity contribution in [1.29, 1.82) is 5.26 Å². The van der Waals surface area contributed by atoms with Crippen molar-refractivity contribution in [2.45, 2.75) is 0 Å². The minimum Gasteiger partial charge on any atom is -0.458 e. The predicted molar refractivity (Wildman–Crippen MR) is 51.5 cm³/mol. The molecule has 1 aromatic rings. The number of rotatable bonds is 3. The van der Waals surface area contributed by atoms with Crippen LogP contribution in [0.1, 0.15) is 10.4 Å². The first-order chi connectivity index (χ1) is 6.84. The van der Waals surface area contributed by atoms with Crippen molar-refractivity contribution < 1.29 is 9.53 Å². The number of ether oxygens (including phenoxy) is 1. The normalized spacial score (nSPS) is 9.64. The van der Waals surface area contributed by atoms with Crippen LogP contribution in [-0.2, 0) is 4.74 Å². The largest absolute Gasteiger partial charge is 0.458 e. The molecule has 0 atom stereocenters. The van der Waals surface area contributed by atoms with Crippen molar-refractivity contribution in [2.24, 2.45) is 0 Å². The average Bonchev–Trinajstić information content (AvgIpc) is 2.25. The highest BCUT2D eigenvalue weighted by Crippen LogP contribution is 2.00. The van der Waals surface area contributed by atoms with Crippen LogP contribution in [0, 0.1) is 11.3 Å². The Labute approximate surface area is 82.2 Å². The predicted octanol–water partition coefficient (Wildman–Crippen LogP) is 1.92. The number of allylic oxidation sites excluding steroid dienone is 1. The average molecular weight is 187 g/mol. The van der Waals surface area contributed by atoms with E-state index in [1.165, 1.54) is 12.2 Å². The summed E-state index contributed by atoms with van der Waals surface area (Å²) < 4.78 is 4.85.